The molecule has 3 heterocycles. The molecule has 2 aromatic heterocycles. The first-order valence-corrected chi connectivity index (χ1v) is 8.81. The van der Waals surface area contributed by atoms with Gasteiger partial charge >= 0.3 is 0 Å². The van der Waals surface area contributed by atoms with Crippen molar-refractivity contribution in [2.75, 3.05) is 11.9 Å². The summed E-state index contributed by atoms with van der Waals surface area (Å²) in [6.07, 6.45) is 16.4. The maximum Gasteiger partial charge on any atom is 0.274 e. The number of aromatic nitrogens is 5. The molecule has 0 spiro atoms. The zero-order valence-corrected chi connectivity index (χ0v) is 15.7. The summed E-state index contributed by atoms with van der Waals surface area (Å²) in [4.78, 5) is 30.8. The van der Waals surface area contributed by atoms with Crippen molar-refractivity contribution in [3.63, 3.8) is 0 Å². The number of rotatable bonds is 5. The molecule has 2 amide bonds. The molecule has 0 saturated carbocycles. The lowest BCUT2D eigenvalue weighted by Crippen LogP contribution is -2.47. The van der Waals surface area contributed by atoms with Gasteiger partial charge in [0.2, 0.25) is 5.95 Å². The van der Waals surface area contributed by atoms with Crippen LogP contribution in [0.5, 0.6) is 0 Å². The molecule has 0 aromatic carbocycles. The average Bonchev–Trinajstić information content (AvgIpc) is 3.34. The van der Waals surface area contributed by atoms with Gasteiger partial charge in [-0.2, -0.15) is 0 Å². The quantitative estimate of drug-likeness (QED) is 0.611. The largest absolute Gasteiger partial charge is 0.339 e. The van der Waals surface area contributed by atoms with E-state index in [0.717, 1.165) is 0 Å². The van der Waals surface area contributed by atoms with Crippen molar-refractivity contribution in [1.29, 1.82) is 0 Å². The van der Waals surface area contributed by atoms with E-state index >= 15 is 0 Å². The van der Waals surface area contributed by atoms with Crippen LogP contribution in [-0.2, 0) is 17.9 Å². The van der Waals surface area contributed by atoms with Crippen LogP contribution in [0.4, 0.5) is 5.95 Å². The van der Waals surface area contributed by atoms with Crippen molar-refractivity contribution in [1.82, 2.24) is 29.9 Å². The molecule has 1 atom stereocenters. The summed E-state index contributed by atoms with van der Waals surface area (Å²) in [6, 6.07) is -0.666. The maximum atomic E-state index is 12.6. The van der Waals surface area contributed by atoms with E-state index in [1.54, 1.807) is 25.5 Å². The second kappa shape index (κ2) is 8.35. The summed E-state index contributed by atoms with van der Waals surface area (Å²) < 4.78 is 3.36. The minimum absolute atomic E-state index is 0.125. The van der Waals surface area contributed by atoms with E-state index < -0.39 is 11.9 Å². The van der Waals surface area contributed by atoms with Crippen molar-refractivity contribution in [2.24, 2.45) is 0 Å². The van der Waals surface area contributed by atoms with Gasteiger partial charge in [0.1, 0.15) is 6.04 Å². The number of aryl methyl sites for hydroxylation is 1. The van der Waals surface area contributed by atoms with Crippen molar-refractivity contribution in [3.8, 4) is 12.3 Å². The Bertz CT molecular complexity index is 977. The number of hydrogen-bond acceptors (Lipinski definition) is 5. The molecule has 0 saturated heterocycles. The van der Waals surface area contributed by atoms with E-state index in [1.165, 1.54) is 15.8 Å². The molecule has 0 aliphatic carbocycles. The number of likely N-dealkylation sites (N-methyl/N-ethyl adjacent to an activating group) is 1. The Morgan fingerprint density at radius 1 is 1.50 bits per heavy atom. The van der Waals surface area contributed by atoms with Gasteiger partial charge in [0.05, 0.1) is 12.7 Å². The van der Waals surface area contributed by atoms with Gasteiger partial charge in [0.25, 0.3) is 11.8 Å². The zero-order chi connectivity index (χ0) is 20.1. The zero-order valence-electron chi connectivity index (χ0n) is 15.7. The van der Waals surface area contributed by atoms with Crippen LogP contribution >= 0.6 is 0 Å². The summed E-state index contributed by atoms with van der Waals surface area (Å²) in [6.45, 7) is 2.79. The van der Waals surface area contributed by atoms with Crippen LogP contribution in [0.1, 0.15) is 23.8 Å². The third-order valence-corrected chi connectivity index (χ3v) is 4.37. The highest BCUT2D eigenvalue weighted by Crippen LogP contribution is 2.17. The molecular formula is C19H21N7O2. The van der Waals surface area contributed by atoms with E-state index in [-0.39, 0.29) is 11.6 Å². The van der Waals surface area contributed by atoms with E-state index in [4.69, 9.17) is 6.42 Å². The van der Waals surface area contributed by atoms with Crippen LogP contribution in [0.25, 0.3) is 0 Å². The number of carbonyl (C=O) groups is 2. The Labute approximate surface area is 162 Å². The monoisotopic (exact) mass is 379 g/mol. The summed E-state index contributed by atoms with van der Waals surface area (Å²) in [5.74, 6) is 2.45. The van der Waals surface area contributed by atoms with Crippen molar-refractivity contribution >= 4 is 17.8 Å². The fraction of sp³-hybridized carbons (Fsp3) is 0.316. The van der Waals surface area contributed by atoms with Gasteiger partial charge in [-0.05, 0) is 19.4 Å². The van der Waals surface area contributed by atoms with E-state index in [1.807, 2.05) is 23.6 Å². The lowest BCUT2D eigenvalue weighted by atomic mass is 10.2. The van der Waals surface area contributed by atoms with Gasteiger partial charge in [-0.1, -0.05) is 23.3 Å². The van der Waals surface area contributed by atoms with Gasteiger partial charge in [-0.3, -0.25) is 14.5 Å². The number of amides is 2. The highest BCUT2D eigenvalue weighted by molar-refractivity contribution is 6.00. The summed E-state index contributed by atoms with van der Waals surface area (Å²) in [5, 5.41) is 10.6. The van der Waals surface area contributed by atoms with Crippen LogP contribution in [-0.4, -0.2) is 49.4 Å². The highest BCUT2D eigenvalue weighted by atomic mass is 16.2. The minimum atomic E-state index is -0.666. The minimum Gasteiger partial charge on any atom is -0.339 e. The number of anilines is 1. The number of imidazole rings is 1. The number of fused-ring (bicyclic) bond motifs is 1. The Morgan fingerprint density at radius 3 is 3.07 bits per heavy atom. The maximum absolute atomic E-state index is 12.6. The standard InChI is InChI=1S/C19H21N7O2/c1-4-6-7-14(5-2)12-26-13-16(22-23-26)17(27)21-15-8-10-25-11-9-20-19(25)24(3)18(15)28/h2,4,6-7,9,11,13,15H,8,10,12H2,1,3H3,(H,21,27)/b6-4-,14-7+. The van der Waals surface area contributed by atoms with Crippen molar-refractivity contribution in [3.05, 3.63) is 48.1 Å². The van der Waals surface area contributed by atoms with Crippen LogP contribution in [0, 0.1) is 12.3 Å². The predicted octanol–water partition coefficient (Wildman–Crippen LogP) is 0.775. The smallest absolute Gasteiger partial charge is 0.274 e. The van der Waals surface area contributed by atoms with Crippen LogP contribution in [0.3, 0.4) is 0 Å². The van der Waals surface area contributed by atoms with E-state index in [2.05, 4.69) is 26.5 Å². The third kappa shape index (κ3) is 4.01. The molecule has 0 bridgehead atoms. The number of allylic oxidation sites excluding steroid dienone is 4. The molecule has 9 heteroatoms. The third-order valence-electron chi connectivity index (χ3n) is 4.37. The lowest BCUT2D eigenvalue weighted by Gasteiger charge is -2.19. The Kier molecular flexibility index (Phi) is 5.69. The number of carbonyl (C=O) groups excluding carboxylic acids is 2. The van der Waals surface area contributed by atoms with Crippen LogP contribution < -0.4 is 10.2 Å². The van der Waals surface area contributed by atoms with Gasteiger partial charge in [0, 0.05) is 31.6 Å². The number of hydrogen-bond donors (Lipinski definition) is 1. The predicted molar refractivity (Wildman–Crippen MR) is 103 cm³/mol. The Hall–Kier alpha value is -3.67. The Balaban J connectivity index is 1.67. The van der Waals surface area contributed by atoms with Crippen molar-refractivity contribution < 1.29 is 9.59 Å². The molecule has 144 valence electrons. The van der Waals surface area contributed by atoms with Crippen molar-refractivity contribution in [2.45, 2.75) is 32.5 Å². The van der Waals surface area contributed by atoms with Gasteiger partial charge in [-0.25, -0.2) is 9.67 Å². The number of nitrogens with zero attached hydrogens (tertiary/aromatic N) is 6. The summed E-state index contributed by atoms with van der Waals surface area (Å²) in [7, 11) is 1.64. The van der Waals surface area contributed by atoms with E-state index in [0.29, 0.717) is 31.0 Å². The SMILES string of the molecule is C#C/C(=C\C=C/C)Cn1cc(C(=O)NC2CCn3ccnc3N(C)C2=O)nn1. The van der Waals surface area contributed by atoms with E-state index in [9.17, 15) is 9.59 Å². The highest BCUT2D eigenvalue weighted by Gasteiger charge is 2.30. The second-order valence-corrected chi connectivity index (χ2v) is 6.30. The van der Waals surface area contributed by atoms with Gasteiger partial charge < -0.3 is 9.88 Å². The number of nitrogens with one attached hydrogen (secondary N) is 1. The molecule has 28 heavy (non-hydrogen) atoms. The first-order chi connectivity index (χ1) is 13.5. The first kappa shape index (κ1) is 19.1. The summed E-state index contributed by atoms with van der Waals surface area (Å²) >= 11 is 0. The normalized spacial score (nSPS) is 17.3. The molecular weight excluding hydrogens is 358 g/mol. The Morgan fingerprint density at radius 2 is 2.32 bits per heavy atom. The molecule has 2 aromatic rings. The molecule has 3 rings (SSSR count). The molecule has 0 radical (unpaired) electrons. The topological polar surface area (TPSA) is 97.9 Å². The average molecular weight is 379 g/mol. The molecule has 1 N–H and O–H groups in total. The molecule has 1 unspecified atom stereocenters. The molecule has 9 nitrogen and oxygen atoms in total. The number of terminal acetylenes is 1. The van der Waals surface area contributed by atoms with Gasteiger partial charge in [-0.15, -0.1) is 11.5 Å². The van der Waals surface area contributed by atoms with Crippen LogP contribution in [0.2, 0.25) is 0 Å². The molecule has 0 fully saturated rings. The summed E-state index contributed by atoms with van der Waals surface area (Å²) in [5.41, 5.74) is 0.824. The van der Waals surface area contributed by atoms with Gasteiger partial charge in [0.15, 0.2) is 5.69 Å². The fourth-order valence-corrected chi connectivity index (χ4v) is 2.88. The second-order valence-electron chi connectivity index (χ2n) is 6.30. The fourth-order valence-electron chi connectivity index (χ4n) is 2.88. The van der Waals surface area contributed by atoms with Crippen LogP contribution in [0.15, 0.2) is 42.4 Å². The first-order valence-electron chi connectivity index (χ1n) is 8.81. The molecule has 1 aliphatic heterocycles. The molecule has 1 aliphatic rings. The lowest BCUT2D eigenvalue weighted by molar-refractivity contribution is -0.120.